The van der Waals surface area contributed by atoms with Crippen molar-refractivity contribution < 1.29 is 14.7 Å². The summed E-state index contributed by atoms with van der Waals surface area (Å²) in [5, 5.41) is 14.9. The van der Waals surface area contributed by atoms with Crippen molar-refractivity contribution in [2.75, 3.05) is 37.7 Å². The van der Waals surface area contributed by atoms with Gasteiger partial charge in [-0.3, -0.25) is 9.69 Å². The van der Waals surface area contributed by atoms with Gasteiger partial charge in [0.05, 0.1) is 5.92 Å². The second kappa shape index (κ2) is 8.48. The Labute approximate surface area is 130 Å². The number of amides is 2. The number of carboxylic acid groups (broad SMARTS) is 1. The third-order valence-corrected chi connectivity index (χ3v) is 5.16. The smallest absolute Gasteiger partial charge is 0.315 e. The molecule has 120 valence electrons. The monoisotopic (exact) mass is 315 g/mol. The van der Waals surface area contributed by atoms with Crippen LogP contribution < -0.4 is 10.6 Å². The lowest BCUT2D eigenvalue weighted by atomic mass is 9.84. The van der Waals surface area contributed by atoms with Gasteiger partial charge in [0.25, 0.3) is 0 Å². The van der Waals surface area contributed by atoms with E-state index in [-0.39, 0.29) is 12.1 Å². The van der Waals surface area contributed by atoms with Crippen molar-refractivity contribution in [3.63, 3.8) is 0 Å². The lowest BCUT2D eigenvalue weighted by molar-refractivity contribution is -0.143. The molecule has 0 aromatic heterocycles. The first-order valence-electron chi connectivity index (χ1n) is 7.74. The summed E-state index contributed by atoms with van der Waals surface area (Å²) in [6.07, 6.45) is 3.34. The minimum atomic E-state index is -0.800. The number of urea groups is 1. The van der Waals surface area contributed by atoms with Crippen LogP contribution in [-0.4, -0.2) is 65.7 Å². The van der Waals surface area contributed by atoms with Gasteiger partial charge in [-0.25, -0.2) is 4.79 Å². The zero-order chi connectivity index (χ0) is 15.1. The van der Waals surface area contributed by atoms with Crippen LogP contribution in [0.1, 0.15) is 25.7 Å². The Balaban J connectivity index is 1.66. The van der Waals surface area contributed by atoms with Gasteiger partial charge in [0.1, 0.15) is 0 Å². The van der Waals surface area contributed by atoms with Crippen LogP contribution in [0.25, 0.3) is 0 Å². The topological polar surface area (TPSA) is 81.7 Å². The number of rotatable bonds is 5. The quantitative estimate of drug-likeness (QED) is 0.704. The van der Waals surface area contributed by atoms with Gasteiger partial charge in [-0.05, 0) is 12.8 Å². The highest BCUT2D eigenvalue weighted by Crippen LogP contribution is 2.24. The first kappa shape index (κ1) is 16.4. The second-order valence-electron chi connectivity index (χ2n) is 5.69. The van der Waals surface area contributed by atoms with E-state index in [1.165, 1.54) is 0 Å². The molecule has 0 aromatic carbocycles. The van der Waals surface area contributed by atoms with E-state index in [0.717, 1.165) is 50.4 Å². The molecule has 7 heteroatoms. The van der Waals surface area contributed by atoms with Crippen molar-refractivity contribution in [3.05, 3.63) is 0 Å². The van der Waals surface area contributed by atoms with Crippen molar-refractivity contribution in [1.82, 2.24) is 15.5 Å². The summed E-state index contributed by atoms with van der Waals surface area (Å²) < 4.78 is 0. The van der Waals surface area contributed by atoms with E-state index in [4.69, 9.17) is 0 Å². The molecule has 1 heterocycles. The van der Waals surface area contributed by atoms with Crippen molar-refractivity contribution in [2.45, 2.75) is 31.7 Å². The summed E-state index contributed by atoms with van der Waals surface area (Å²) in [6.45, 7) is 3.64. The van der Waals surface area contributed by atoms with Crippen LogP contribution in [0.2, 0.25) is 0 Å². The fourth-order valence-electron chi connectivity index (χ4n) is 2.97. The van der Waals surface area contributed by atoms with E-state index < -0.39 is 11.9 Å². The van der Waals surface area contributed by atoms with Crippen LogP contribution in [0, 0.1) is 5.92 Å². The normalized spacial score (nSPS) is 27.0. The first-order valence-corrected chi connectivity index (χ1v) is 8.89. The maximum Gasteiger partial charge on any atom is 0.315 e. The van der Waals surface area contributed by atoms with Crippen molar-refractivity contribution in [1.29, 1.82) is 0 Å². The number of aliphatic carboxylic acids is 1. The van der Waals surface area contributed by atoms with Crippen LogP contribution in [0.3, 0.4) is 0 Å². The number of nitrogens with one attached hydrogen (secondary N) is 2. The summed E-state index contributed by atoms with van der Waals surface area (Å²) in [4.78, 5) is 25.4. The molecular weight excluding hydrogens is 290 g/mol. The Kier molecular flexibility index (Phi) is 6.63. The van der Waals surface area contributed by atoms with Gasteiger partial charge in [-0.1, -0.05) is 12.8 Å². The summed E-state index contributed by atoms with van der Waals surface area (Å²) >= 11 is 1.97. The zero-order valence-electron chi connectivity index (χ0n) is 12.3. The lowest BCUT2D eigenvalue weighted by Gasteiger charge is -2.29. The summed E-state index contributed by atoms with van der Waals surface area (Å²) in [7, 11) is 0. The minimum Gasteiger partial charge on any atom is -0.481 e. The average Bonchev–Trinajstić information content (AvgIpc) is 2.48. The molecule has 2 fully saturated rings. The van der Waals surface area contributed by atoms with Gasteiger partial charge in [0.15, 0.2) is 0 Å². The molecule has 2 aliphatic rings. The van der Waals surface area contributed by atoms with E-state index in [2.05, 4.69) is 15.5 Å². The number of hydrogen-bond donors (Lipinski definition) is 3. The van der Waals surface area contributed by atoms with Gasteiger partial charge in [0, 0.05) is 43.7 Å². The largest absolute Gasteiger partial charge is 0.481 e. The van der Waals surface area contributed by atoms with E-state index in [1.807, 2.05) is 11.8 Å². The maximum atomic E-state index is 11.9. The SMILES string of the molecule is O=C(NCCN1CCSCC1)NC1CCCCC1C(=O)O. The molecule has 0 bridgehead atoms. The van der Waals surface area contributed by atoms with Crippen LogP contribution >= 0.6 is 11.8 Å². The molecule has 0 spiro atoms. The Morgan fingerprint density at radius 1 is 1.19 bits per heavy atom. The number of carbonyl (C=O) groups is 2. The van der Waals surface area contributed by atoms with E-state index in [1.54, 1.807) is 0 Å². The third-order valence-electron chi connectivity index (χ3n) is 4.22. The molecule has 6 nitrogen and oxygen atoms in total. The lowest BCUT2D eigenvalue weighted by Crippen LogP contribution is -2.50. The van der Waals surface area contributed by atoms with Crippen LogP contribution in [0.15, 0.2) is 0 Å². The number of nitrogens with zero attached hydrogens (tertiary/aromatic N) is 1. The predicted octanol–water partition coefficient (Wildman–Crippen LogP) is 0.978. The van der Waals surface area contributed by atoms with Crippen molar-refractivity contribution in [2.24, 2.45) is 5.92 Å². The summed E-state index contributed by atoms with van der Waals surface area (Å²) in [5.41, 5.74) is 0. The fraction of sp³-hybridized carbons (Fsp3) is 0.857. The molecule has 1 aliphatic carbocycles. The number of thioether (sulfide) groups is 1. The molecule has 21 heavy (non-hydrogen) atoms. The number of carbonyl (C=O) groups excluding carboxylic acids is 1. The van der Waals surface area contributed by atoms with E-state index in [0.29, 0.717) is 13.0 Å². The highest BCUT2D eigenvalue weighted by molar-refractivity contribution is 7.99. The van der Waals surface area contributed by atoms with Crippen LogP contribution in [0.5, 0.6) is 0 Å². The van der Waals surface area contributed by atoms with Gasteiger partial charge in [-0.15, -0.1) is 0 Å². The first-order chi connectivity index (χ1) is 10.2. The molecular formula is C14H25N3O3S. The standard InChI is InChI=1S/C14H25N3O3S/c18-13(19)11-3-1-2-4-12(11)16-14(20)15-5-6-17-7-9-21-10-8-17/h11-12H,1-10H2,(H,18,19)(H2,15,16,20). The van der Waals surface area contributed by atoms with E-state index >= 15 is 0 Å². The van der Waals surface area contributed by atoms with Gasteiger partial charge < -0.3 is 15.7 Å². The molecule has 2 atom stereocenters. The van der Waals surface area contributed by atoms with Crippen LogP contribution in [0.4, 0.5) is 4.79 Å². The van der Waals surface area contributed by atoms with Crippen LogP contribution in [-0.2, 0) is 4.79 Å². The summed E-state index contributed by atoms with van der Waals surface area (Å²) in [6, 6.07) is -0.470. The zero-order valence-corrected chi connectivity index (χ0v) is 13.2. The van der Waals surface area contributed by atoms with E-state index in [9.17, 15) is 14.7 Å². The van der Waals surface area contributed by atoms with Gasteiger partial charge >= 0.3 is 12.0 Å². The fourth-order valence-corrected chi connectivity index (χ4v) is 3.95. The number of hydrogen-bond acceptors (Lipinski definition) is 4. The minimum absolute atomic E-state index is 0.234. The molecule has 1 saturated carbocycles. The number of carboxylic acids is 1. The van der Waals surface area contributed by atoms with Gasteiger partial charge in [0.2, 0.25) is 0 Å². The molecule has 2 rings (SSSR count). The Morgan fingerprint density at radius 3 is 2.62 bits per heavy atom. The second-order valence-corrected chi connectivity index (χ2v) is 6.91. The Bertz CT molecular complexity index is 361. The molecule has 2 amide bonds. The molecule has 2 unspecified atom stereocenters. The summed E-state index contributed by atoms with van der Waals surface area (Å²) in [5.74, 6) is 1.08. The average molecular weight is 315 g/mol. The highest BCUT2D eigenvalue weighted by Gasteiger charge is 2.31. The Hall–Kier alpha value is -0.950. The molecule has 1 aliphatic heterocycles. The van der Waals surface area contributed by atoms with Crippen molar-refractivity contribution in [3.8, 4) is 0 Å². The predicted molar refractivity (Wildman–Crippen MR) is 83.7 cm³/mol. The maximum absolute atomic E-state index is 11.9. The molecule has 0 radical (unpaired) electrons. The van der Waals surface area contributed by atoms with Crippen molar-refractivity contribution >= 4 is 23.8 Å². The van der Waals surface area contributed by atoms with Gasteiger partial charge in [-0.2, -0.15) is 11.8 Å². The molecule has 0 aromatic rings. The third kappa shape index (κ3) is 5.39. The molecule has 3 N–H and O–H groups in total. The molecule has 1 saturated heterocycles. The highest BCUT2D eigenvalue weighted by atomic mass is 32.2. The Morgan fingerprint density at radius 2 is 1.90 bits per heavy atom.